The number of rotatable bonds is 0. The van der Waals surface area contributed by atoms with Gasteiger partial charge in [0.15, 0.2) is 0 Å². The van der Waals surface area contributed by atoms with Crippen LogP contribution in [0.25, 0.3) is 0 Å². The fourth-order valence-electron chi connectivity index (χ4n) is 1.92. The van der Waals surface area contributed by atoms with Crippen molar-refractivity contribution in [2.24, 2.45) is 0 Å². The first-order valence-electron chi connectivity index (χ1n) is 4.10. The zero-order chi connectivity index (χ0) is 7.31. The number of anilines is 1. The summed E-state index contributed by atoms with van der Waals surface area (Å²) in [7, 11) is 0. The third-order valence-electron chi connectivity index (χ3n) is 2.83. The molecule has 0 aromatic carbocycles. The largest absolute Gasteiger partial charge is 0.369 e. The molecule has 2 heteroatoms. The number of nitrogens with zero attached hydrogens (tertiary/aromatic N) is 1. The number of pyridine rings is 1. The highest BCUT2D eigenvalue weighted by Crippen LogP contribution is 2.53. The van der Waals surface area contributed by atoms with Gasteiger partial charge in [-0.1, -0.05) is 6.07 Å². The summed E-state index contributed by atoms with van der Waals surface area (Å²) in [5.74, 6) is 1.12. The van der Waals surface area contributed by atoms with Gasteiger partial charge < -0.3 is 5.32 Å². The maximum atomic E-state index is 4.28. The molecule has 2 nitrogen and oxygen atoms in total. The molecule has 0 atom stereocenters. The van der Waals surface area contributed by atoms with Crippen LogP contribution in [-0.4, -0.2) is 11.5 Å². The summed E-state index contributed by atoms with van der Waals surface area (Å²) in [4.78, 5) is 4.28. The number of aromatic nitrogens is 1. The van der Waals surface area contributed by atoms with E-state index in [1.54, 1.807) is 0 Å². The van der Waals surface area contributed by atoms with Gasteiger partial charge in [0, 0.05) is 23.7 Å². The SMILES string of the molecule is c1cnc2c(c1)C1(CC1)CN2. The smallest absolute Gasteiger partial charge is 0.129 e. The van der Waals surface area contributed by atoms with Crippen LogP contribution in [0.4, 0.5) is 5.82 Å². The van der Waals surface area contributed by atoms with Crippen molar-refractivity contribution in [3.63, 3.8) is 0 Å². The molecule has 0 bridgehead atoms. The van der Waals surface area contributed by atoms with Crippen molar-refractivity contribution >= 4 is 5.82 Å². The molecule has 1 aromatic heterocycles. The molecule has 1 fully saturated rings. The van der Waals surface area contributed by atoms with Crippen LogP contribution in [-0.2, 0) is 5.41 Å². The van der Waals surface area contributed by atoms with E-state index in [9.17, 15) is 0 Å². The van der Waals surface area contributed by atoms with E-state index >= 15 is 0 Å². The van der Waals surface area contributed by atoms with Crippen molar-refractivity contribution in [3.8, 4) is 0 Å². The normalized spacial score (nSPS) is 22.9. The van der Waals surface area contributed by atoms with Gasteiger partial charge in [-0.2, -0.15) is 0 Å². The van der Waals surface area contributed by atoms with Gasteiger partial charge in [-0.3, -0.25) is 0 Å². The molecule has 3 rings (SSSR count). The summed E-state index contributed by atoms with van der Waals surface area (Å²) in [5, 5.41) is 3.34. The van der Waals surface area contributed by atoms with Crippen molar-refractivity contribution in [1.29, 1.82) is 0 Å². The highest BCUT2D eigenvalue weighted by molar-refractivity contribution is 5.57. The molecule has 0 amide bonds. The number of fused-ring (bicyclic) bond motifs is 2. The second-order valence-electron chi connectivity index (χ2n) is 3.53. The Labute approximate surface area is 65.6 Å². The molecule has 11 heavy (non-hydrogen) atoms. The second-order valence-corrected chi connectivity index (χ2v) is 3.53. The van der Waals surface area contributed by atoms with E-state index in [4.69, 9.17) is 0 Å². The highest BCUT2D eigenvalue weighted by Gasteiger charge is 2.49. The Hall–Kier alpha value is -1.05. The topological polar surface area (TPSA) is 24.9 Å². The monoisotopic (exact) mass is 146 g/mol. The van der Waals surface area contributed by atoms with Gasteiger partial charge in [0.05, 0.1) is 0 Å². The molecular weight excluding hydrogens is 136 g/mol. The minimum atomic E-state index is 0.504. The molecule has 0 saturated heterocycles. The highest BCUT2D eigenvalue weighted by atomic mass is 15.0. The van der Waals surface area contributed by atoms with E-state index in [2.05, 4.69) is 16.4 Å². The van der Waals surface area contributed by atoms with Gasteiger partial charge in [0.2, 0.25) is 0 Å². The molecule has 1 N–H and O–H groups in total. The van der Waals surface area contributed by atoms with E-state index in [1.165, 1.54) is 18.4 Å². The Bertz CT molecular complexity index is 302. The summed E-state index contributed by atoms with van der Waals surface area (Å²) < 4.78 is 0. The lowest BCUT2D eigenvalue weighted by molar-refractivity contribution is 0.777. The van der Waals surface area contributed by atoms with Gasteiger partial charge in [0.25, 0.3) is 0 Å². The minimum Gasteiger partial charge on any atom is -0.369 e. The summed E-state index contributed by atoms with van der Waals surface area (Å²) in [6.07, 6.45) is 4.55. The molecule has 1 saturated carbocycles. The first-order valence-corrected chi connectivity index (χ1v) is 4.10. The van der Waals surface area contributed by atoms with Crippen molar-refractivity contribution < 1.29 is 0 Å². The maximum Gasteiger partial charge on any atom is 0.129 e. The summed E-state index contributed by atoms with van der Waals surface area (Å²) >= 11 is 0. The molecular formula is C9H10N2. The Morgan fingerprint density at radius 2 is 2.36 bits per heavy atom. The summed E-state index contributed by atoms with van der Waals surface area (Å²) in [6.45, 7) is 1.11. The van der Waals surface area contributed by atoms with Gasteiger partial charge in [-0.15, -0.1) is 0 Å². The Kier molecular flexibility index (Phi) is 0.799. The third kappa shape index (κ3) is 0.595. The predicted molar refractivity (Wildman–Crippen MR) is 43.6 cm³/mol. The van der Waals surface area contributed by atoms with Crippen LogP contribution < -0.4 is 5.32 Å². The lowest BCUT2D eigenvalue weighted by Gasteiger charge is -2.02. The van der Waals surface area contributed by atoms with Crippen molar-refractivity contribution in [2.75, 3.05) is 11.9 Å². The second kappa shape index (κ2) is 1.58. The Morgan fingerprint density at radius 3 is 3.18 bits per heavy atom. The fraction of sp³-hybridized carbons (Fsp3) is 0.444. The molecule has 0 unspecified atom stereocenters. The average Bonchev–Trinajstić information content (AvgIpc) is 2.72. The van der Waals surface area contributed by atoms with Crippen molar-refractivity contribution in [1.82, 2.24) is 4.98 Å². The lowest BCUT2D eigenvalue weighted by Crippen LogP contribution is -2.07. The van der Waals surface area contributed by atoms with Gasteiger partial charge in [-0.25, -0.2) is 4.98 Å². The van der Waals surface area contributed by atoms with Crippen LogP contribution in [0.1, 0.15) is 18.4 Å². The van der Waals surface area contributed by atoms with Crippen LogP contribution in [0.2, 0.25) is 0 Å². The van der Waals surface area contributed by atoms with Gasteiger partial charge in [0.1, 0.15) is 5.82 Å². The third-order valence-corrected chi connectivity index (χ3v) is 2.83. The molecule has 1 aliphatic heterocycles. The van der Waals surface area contributed by atoms with Crippen LogP contribution >= 0.6 is 0 Å². The molecule has 0 radical (unpaired) electrons. The van der Waals surface area contributed by atoms with E-state index in [0.717, 1.165) is 12.4 Å². The standard InChI is InChI=1S/C9H10N2/c1-2-7-8(10-5-1)11-6-9(7)3-4-9/h1-2,5H,3-4,6H2,(H,10,11). The van der Waals surface area contributed by atoms with E-state index < -0.39 is 0 Å². The molecule has 1 aliphatic carbocycles. The first-order chi connectivity index (χ1) is 5.41. The van der Waals surface area contributed by atoms with Crippen molar-refractivity contribution in [3.05, 3.63) is 23.9 Å². The first kappa shape index (κ1) is 5.58. The van der Waals surface area contributed by atoms with E-state index in [0.29, 0.717) is 5.41 Å². The van der Waals surface area contributed by atoms with Crippen LogP contribution in [0.3, 0.4) is 0 Å². The molecule has 2 aliphatic rings. The van der Waals surface area contributed by atoms with Crippen molar-refractivity contribution in [2.45, 2.75) is 18.3 Å². The van der Waals surface area contributed by atoms with Crippen LogP contribution in [0, 0.1) is 0 Å². The summed E-state index contributed by atoms with van der Waals surface area (Å²) in [5.41, 5.74) is 1.95. The van der Waals surface area contributed by atoms with Crippen LogP contribution in [0.15, 0.2) is 18.3 Å². The quantitative estimate of drug-likeness (QED) is 0.600. The molecule has 1 aromatic rings. The Balaban J connectivity index is 2.21. The predicted octanol–water partition coefficient (Wildman–Crippen LogP) is 1.54. The summed E-state index contributed by atoms with van der Waals surface area (Å²) in [6, 6.07) is 4.24. The lowest BCUT2D eigenvalue weighted by atomic mass is 10.0. The maximum absolute atomic E-state index is 4.28. The number of nitrogens with one attached hydrogen (secondary N) is 1. The molecule has 56 valence electrons. The molecule has 2 heterocycles. The van der Waals surface area contributed by atoms with E-state index in [1.807, 2.05) is 12.3 Å². The zero-order valence-corrected chi connectivity index (χ0v) is 6.30. The fourth-order valence-corrected chi connectivity index (χ4v) is 1.92. The Morgan fingerprint density at radius 1 is 1.45 bits per heavy atom. The van der Waals surface area contributed by atoms with Crippen LogP contribution in [0.5, 0.6) is 0 Å². The van der Waals surface area contributed by atoms with Gasteiger partial charge >= 0.3 is 0 Å². The molecule has 1 spiro atoms. The van der Waals surface area contributed by atoms with Gasteiger partial charge in [-0.05, 0) is 18.9 Å². The average molecular weight is 146 g/mol. The minimum absolute atomic E-state index is 0.504. The number of hydrogen-bond acceptors (Lipinski definition) is 2. The van der Waals surface area contributed by atoms with E-state index in [-0.39, 0.29) is 0 Å². The zero-order valence-electron chi connectivity index (χ0n) is 6.30. The number of hydrogen-bond donors (Lipinski definition) is 1.